The highest BCUT2D eigenvalue weighted by molar-refractivity contribution is 6.04. The number of aromatic nitrogens is 3. The molecule has 3 aromatic heterocycles. The van der Waals surface area contributed by atoms with Gasteiger partial charge in [-0.05, 0) is 49.2 Å². The van der Waals surface area contributed by atoms with Crippen LogP contribution in [0, 0.1) is 5.92 Å². The van der Waals surface area contributed by atoms with Crippen LogP contribution >= 0.6 is 0 Å². The van der Waals surface area contributed by atoms with E-state index in [-0.39, 0.29) is 17.5 Å². The summed E-state index contributed by atoms with van der Waals surface area (Å²) in [4.78, 5) is 32.4. The Labute approximate surface area is 196 Å². The Morgan fingerprint density at radius 2 is 1.83 bits per heavy atom. The number of nitrogens with zero attached hydrogens (tertiary/aromatic N) is 3. The van der Waals surface area contributed by atoms with Crippen LogP contribution in [0.25, 0.3) is 5.65 Å². The van der Waals surface area contributed by atoms with Crippen molar-refractivity contribution < 1.29 is 27.5 Å². The van der Waals surface area contributed by atoms with Crippen molar-refractivity contribution in [1.82, 2.24) is 14.4 Å². The maximum absolute atomic E-state index is 13.2. The third-order valence-electron chi connectivity index (χ3n) is 5.28. The monoisotopic (exact) mass is 481 g/mol. The Hall–Kier alpha value is -4.41. The Morgan fingerprint density at radius 1 is 1.00 bits per heavy atom. The lowest BCUT2D eigenvalue weighted by Gasteiger charge is -2.12. The van der Waals surface area contributed by atoms with Gasteiger partial charge < -0.3 is 19.8 Å². The second-order valence-electron chi connectivity index (χ2n) is 8.00. The molecule has 0 unspecified atom stereocenters. The molecule has 11 heteroatoms. The summed E-state index contributed by atoms with van der Waals surface area (Å²) in [6.45, 7) is 0. The summed E-state index contributed by atoms with van der Waals surface area (Å²) in [7, 11) is 0. The normalized spacial score (nSPS) is 13.5. The number of amides is 2. The predicted molar refractivity (Wildman–Crippen MR) is 120 cm³/mol. The van der Waals surface area contributed by atoms with E-state index < -0.39 is 23.3 Å². The molecule has 8 nitrogen and oxygen atoms in total. The summed E-state index contributed by atoms with van der Waals surface area (Å²) in [5.74, 6) is 0.261. The maximum Gasteiger partial charge on any atom is 0.418 e. The van der Waals surface area contributed by atoms with Crippen molar-refractivity contribution in [2.75, 3.05) is 10.6 Å². The van der Waals surface area contributed by atoms with E-state index in [1.807, 2.05) is 0 Å². The van der Waals surface area contributed by atoms with Crippen molar-refractivity contribution in [3.05, 3.63) is 78.4 Å². The second kappa shape index (κ2) is 8.75. The number of carbonyl (C=O) groups excluding carboxylic acids is 2. The van der Waals surface area contributed by atoms with Gasteiger partial charge in [-0.2, -0.15) is 13.2 Å². The summed E-state index contributed by atoms with van der Waals surface area (Å²) in [6.07, 6.45) is 1.54. The van der Waals surface area contributed by atoms with Crippen LogP contribution in [0.3, 0.4) is 0 Å². The van der Waals surface area contributed by atoms with Gasteiger partial charge in [0.15, 0.2) is 5.82 Å². The average molecular weight is 481 g/mol. The number of rotatable bonds is 6. The van der Waals surface area contributed by atoms with Crippen molar-refractivity contribution in [2.45, 2.75) is 19.0 Å². The van der Waals surface area contributed by atoms with Crippen molar-refractivity contribution in [2.24, 2.45) is 5.92 Å². The quantitative estimate of drug-likeness (QED) is 0.397. The molecule has 4 aromatic rings. The molecule has 1 saturated carbocycles. The molecule has 1 aliphatic carbocycles. The fraction of sp³-hybridized carbons (Fsp3) is 0.167. The van der Waals surface area contributed by atoms with Gasteiger partial charge in [0.25, 0.3) is 5.91 Å². The fourth-order valence-electron chi connectivity index (χ4n) is 3.44. The molecular weight excluding hydrogens is 463 g/mol. The van der Waals surface area contributed by atoms with Crippen molar-refractivity contribution in [1.29, 1.82) is 0 Å². The predicted octanol–water partition coefficient (Wildman–Crippen LogP) is 5.14. The number of alkyl halides is 3. The highest BCUT2D eigenvalue weighted by Gasteiger charge is 2.36. The molecule has 2 amide bonds. The van der Waals surface area contributed by atoms with Crippen LogP contribution in [0.15, 0.2) is 67.1 Å². The van der Waals surface area contributed by atoms with Gasteiger partial charge in [0, 0.05) is 23.9 Å². The first-order valence-corrected chi connectivity index (χ1v) is 10.7. The van der Waals surface area contributed by atoms with Crippen LogP contribution < -0.4 is 15.4 Å². The molecule has 35 heavy (non-hydrogen) atoms. The fourth-order valence-corrected chi connectivity index (χ4v) is 3.44. The van der Waals surface area contributed by atoms with E-state index in [0.29, 0.717) is 23.0 Å². The van der Waals surface area contributed by atoms with Gasteiger partial charge in [-0.15, -0.1) is 0 Å². The molecule has 5 rings (SSSR count). The molecule has 0 saturated heterocycles. The summed E-state index contributed by atoms with van der Waals surface area (Å²) in [6, 6.07) is 11.6. The zero-order valence-electron chi connectivity index (χ0n) is 18.0. The number of nitrogens with one attached hydrogen (secondary N) is 2. The van der Waals surface area contributed by atoms with Gasteiger partial charge >= 0.3 is 6.18 Å². The van der Waals surface area contributed by atoms with Gasteiger partial charge in [-0.1, -0.05) is 6.07 Å². The lowest BCUT2D eigenvalue weighted by atomic mass is 10.1. The van der Waals surface area contributed by atoms with Crippen LogP contribution in [0.5, 0.6) is 11.5 Å². The number of hydrogen-bond donors (Lipinski definition) is 2. The Kier molecular flexibility index (Phi) is 5.59. The molecule has 0 bridgehead atoms. The van der Waals surface area contributed by atoms with Gasteiger partial charge in [0.2, 0.25) is 5.91 Å². The third kappa shape index (κ3) is 5.08. The smallest absolute Gasteiger partial charge is 0.418 e. The number of benzene rings is 1. The van der Waals surface area contributed by atoms with Crippen LogP contribution in [0.2, 0.25) is 0 Å². The minimum atomic E-state index is -4.71. The zero-order chi connectivity index (χ0) is 24.6. The molecule has 0 spiro atoms. The number of carbonyl (C=O) groups is 2. The van der Waals surface area contributed by atoms with E-state index in [0.717, 1.165) is 31.2 Å². The van der Waals surface area contributed by atoms with Crippen LogP contribution in [0.1, 0.15) is 28.9 Å². The number of hydrogen-bond acceptors (Lipinski definition) is 5. The van der Waals surface area contributed by atoms with Crippen molar-refractivity contribution in [3.8, 4) is 11.5 Å². The number of anilines is 2. The zero-order valence-corrected chi connectivity index (χ0v) is 18.0. The van der Waals surface area contributed by atoms with Crippen LogP contribution in [-0.2, 0) is 11.0 Å². The largest absolute Gasteiger partial charge is 0.456 e. The van der Waals surface area contributed by atoms with Gasteiger partial charge in [0.05, 0.1) is 18.0 Å². The van der Waals surface area contributed by atoms with E-state index >= 15 is 0 Å². The standard InChI is InChI=1S/C24H18F3N5O3/c25-24(26,27)18-5-2-10-28-21(18)23(34)29-15-3-1-4-16(11-15)35-17-8-9-20-30-19(13-32(20)12-17)31-22(33)14-6-7-14/h1-5,8-14H,6-7H2,(H,29,34)(H,31,33). The minimum absolute atomic E-state index is 0.0446. The topological polar surface area (TPSA) is 97.6 Å². The molecule has 1 aromatic carbocycles. The molecule has 0 radical (unpaired) electrons. The van der Waals surface area contributed by atoms with E-state index in [4.69, 9.17) is 4.74 Å². The maximum atomic E-state index is 13.2. The molecule has 3 heterocycles. The molecule has 1 fully saturated rings. The highest BCUT2D eigenvalue weighted by atomic mass is 19.4. The van der Waals surface area contributed by atoms with E-state index in [1.54, 1.807) is 41.1 Å². The second-order valence-corrected chi connectivity index (χ2v) is 8.00. The molecule has 0 atom stereocenters. The lowest BCUT2D eigenvalue weighted by molar-refractivity contribution is -0.138. The highest BCUT2D eigenvalue weighted by Crippen LogP contribution is 2.32. The average Bonchev–Trinajstić information content (AvgIpc) is 3.59. The number of imidazole rings is 1. The number of ether oxygens (including phenoxy) is 1. The van der Waals surface area contributed by atoms with Gasteiger partial charge in [0.1, 0.15) is 22.8 Å². The van der Waals surface area contributed by atoms with Crippen LogP contribution in [0.4, 0.5) is 24.7 Å². The summed E-state index contributed by atoms with van der Waals surface area (Å²) in [5.41, 5.74) is -0.993. The summed E-state index contributed by atoms with van der Waals surface area (Å²) < 4.78 is 47.1. The molecule has 178 valence electrons. The number of halogens is 3. The Morgan fingerprint density at radius 3 is 2.60 bits per heavy atom. The minimum Gasteiger partial charge on any atom is -0.456 e. The van der Waals surface area contributed by atoms with Gasteiger partial charge in [-0.25, -0.2) is 4.98 Å². The molecule has 0 aliphatic heterocycles. The van der Waals surface area contributed by atoms with E-state index in [2.05, 4.69) is 20.6 Å². The van der Waals surface area contributed by atoms with Gasteiger partial charge in [-0.3, -0.25) is 14.6 Å². The SMILES string of the molecule is O=C(Nc1cccc(Oc2ccc3nc(NC(=O)C4CC4)cn3c2)c1)c1ncccc1C(F)(F)F. The Balaban J connectivity index is 1.30. The van der Waals surface area contributed by atoms with Crippen molar-refractivity contribution >= 4 is 29.0 Å². The molecule has 1 aliphatic rings. The Bertz CT molecular complexity index is 1430. The first-order valence-electron chi connectivity index (χ1n) is 10.7. The first kappa shape index (κ1) is 22.4. The summed E-state index contributed by atoms with van der Waals surface area (Å²) in [5, 5.41) is 5.21. The van der Waals surface area contributed by atoms with Crippen molar-refractivity contribution in [3.63, 3.8) is 0 Å². The first-order chi connectivity index (χ1) is 16.8. The van der Waals surface area contributed by atoms with E-state index in [9.17, 15) is 22.8 Å². The third-order valence-corrected chi connectivity index (χ3v) is 5.28. The molecule has 2 N–H and O–H groups in total. The number of fused-ring (bicyclic) bond motifs is 1. The summed E-state index contributed by atoms with van der Waals surface area (Å²) >= 11 is 0. The lowest BCUT2D eigenvalue weighted by Crippen LogP contribution is -2.20. The van der Waals surface area contributed by atoms with Crippen LogP contribution in [-0.4, -0.2) is 26.2 Å². The van der Waals surface area contributed by atoms with E-state index in [1.165, 1.54) is 12.1 Å². The number of pyridine rings is 2. The molecular formula is C24H18F3N5O3.